The number of hydrogen-bond donors (Lipinski definition) is 1. The molecule has 33 heavy (non-hydrogen) atoms. The van der Waals surface area contributed by atoms with E-state index in [0.717, 1.165) is 46.6 Å². The Labute approximate surface area is 199 Å². The predicted octanol–water partition coefficient (Wildman–Crippen LogP) is 4.41. The molecular formula is C24H25N5O2S2. The number of amides is 1. The van der Waals surface area contributed by atoms with Crippen LogP contribution in [0, 0.1) is 13.8 Å². The molecule has 5 rings (SSSR count). The number of thiophene rings is 1. The minimum Gasteiger partial charge on any atom is -0.322 e. The van der Waals surface area contributed by atoms with Gasteiger partial charge in [-0.1, -0.05) is 30.0 Å². The molecule has 0 aliphatic heterocycles. The fourth-order valence-corrected chi connectivity index (χ4v) is 6.42. The molecule has 0 fully saturated rings. The zero-order chi connectivity index (χ0) is 23.1. The number of nitrogens with one attached hydrogen (secondary N) is 1. The lowest BCUT2D eigenvalue weighted by molar-refractivity contribution is -0.113. The van der Waals surface area contributed by atoms with Crippen molar-refractivity contribution in [3.8, 4) is 5.69 Å². The smallest absolute Gasteiger partial charge is 0.262 e. The van der Waals surface area contributed by atoms with Gasteiger partial charge in [0, 0.05) is 11.9 Å². The van der Waals surface area contributed by atoms with Crippen LogP contribution in [-0.2, 0) is 24.7 Å². The minimum atomic E-state index is -0.154. The number of carbonyl (C=O) groups is 1. The van der Waals surface area contributed by atoms with E-state index in [1.807, 2.05) is 48.9 Å². The molecule has 0 saturated carbocycles. The molecule has 3 heterocycles. The van der Waals surface area contributed by atoms with Crippen molar-refractivity contribution >= 4 is 44.9 Å². The van der Waals surface area contributed by atoms with E-state index >= 15 is 0 Å². The number of hydrogen-bond acceptors (Lipinski definition) is 6. The molecule has 0 saturated heterocycles. The number of rotatable bonds is 5. The zero-order valence-corrected chi connectivity index (χ0v) is 20.5. The molecule has 9 heteroatoms. The maximum absolute atomic E-state index is 13.0. The summed E-state index contributed by atoms with van der Waals surface area (Å²) in [5.41, 5.74) is 4.45. The van der Waals surface area contributed by atoms with Crippen LogP contribution in [0.5, 0.6) is 0 Å². The van der Waals surface area contributed by atoms with Crippen LogP contribution in [0.2, 0.25) is 0 Å². The average Bonchev–Trinajstić information content (AvgIpc) is 3.33. The van der Waals surface area contributed by atoms with Gasteiger partial charge in [0.1, 0.15) is 4.83 Å². The van der Waals surface area contributed by atoms with Gasteiger partial charge in [0.15, 0.2) is 5.16 Å². The highest BCUT2D eigenvalue weighted by Crippen LogP contribution is 2.34. The summed E-state index contributed by atoms with van der Waals surface area (Å²) in [6, 6.07) is 9.83. The number of benzene rings is 1. The van der Waals surface area contributed by atoms with E-state index < -0.39 is 0 Å². The molecule has 0 spiro atoms. The van der Waals surface area contributed by atoms with Crippen molar-refractivity contribution in [3.05, 3.63) is 62.5 Å². The third-order valence-electron chi connectivity index (χ3n) is 6.04. The normalized spacial score (nSPS) is 13.3. The van der Waals surface area contributed by atoms with Gasteiger partial charge in [0.05, 0.1) is 33.9 Å². The third kappa shape index (κ3) is 4.00. The molecule has 7 nitrogen and oxygen atoms in total. The van der Waals surface area contributed by atoms with Crippen LogP contribution in [0.3, 0.4) is 0 Å². The minimum absolute atomic E-state index is 0.0156. The van der Waals surface area contributed by atoms with Gasteiger partial charge in [-0.3, -0.25) is 14.2 Å². The van der Waals surface area contributed by atoms with E-state index in [-0.39, 0.29) is 17.2 Å². The van der Waals surface area contributed by atoms with E-state index in [0.29, 0.717) is 10.8 Å². The van der Waals surface area contributed by atoms with Crippen molar-refractivity contribution in [2.75, 3.05) is 11.1 Å². The maximum atomic E-state index is 13.0. The lowest BCUT2D eigenvalue weighted by atomic mass is 9.97. The molecular weight excluding hydrogens is 454 g/mol. The van der Waals surface area contributed by atoms with Gasteiger partial charge in [0.2, 0.25) is 5.91 Å². The first kappa shape index (κ1) is 21.9. The summed E-state index contributed by atoms with van der Waals surface area (Å²) in [6.45, 7) is 3.82. The summed E-state index contributed by atoms with van der Waals surface area (Å²) in [4.78, 5) is 32.7. The number of thioether (sulfide) groups is 1. The molecule has 4 aromatic rings. The summed E-state index contributed by atoms with van der Waals surface area (Å²) < 4.78 is 3.40. The third-order valence-corrected chi connectivity index (χ3v) is 8.26. The highest BCUT2D eigenvalue weighted by molar-refractivity contribution is 7.99. The van der Waals surface area contributed by atoms with E-state index in [4.69, 9.17) is 4.98 Å². The first-order valence-corrected chi connectivity index (χ1v) is 12.8. The Bertz CT molecular complexity index is 1420. The van der Waals surface area contributed by atoms with Crippen molar-refractivity contribution in [1.82, 2.24) is 19.3 Å². The van der Waals surface area contributed by atoms with Gasteiger partial charge >= 0.3 is 0 Å². The van der Waals surface area contributed by atoms with Crippen LogP contribution in [0.1, 0.15) is 34.7 Å². The fraction of sp³-hybridized carbons (Fsp3) is 0.333. The molecule has 3 aromatic heterocycles. The van der Waals surface area contributed by atoms with Crippen molar-refractivity contribution in [2.45, 2.75) is 44.7 Å². The molecule has 0 unspecified atom stereocenters. The molecule has 1 aliphatic rings. The van der Waals surface area contributed by atoms with E-state index in [9.17, 15) is 9.59 Å². The van der Waals surface area contributed by atoms with Gasteiger partial charge in [-0.2, -0.15) is 5.10 Å². The summed E-state index contributed by atoms with van der Waals surface area (Å²) in [5.74, 6) is 0.00496. The topological polar surface area (TPSA) is 81.8 Å². The Morgan fingerprint density at radius 1 is 1.18 bits per heavy atom. The first-order valence-electron chi connectivity index (χ1n) is 11.0. The van der Waals surface area contributed by atoms with Gasteiger partial charge in [0.25, 0.3) is 5.56 Å². The average molecular weight is 480 g/mol. The summed E-state index contributed by atoms with van der Waals surface area (Å²) >= 11 is 2.91. The monoisotopic (exact) mass is 479 g/mol. The Morgan fingerprint density at radius 2 is 1.94 bits per heavy atom. The molecule has 0 bridgehead atoms. The molecule has 1 amide bonds. The number of fused-ring (bicyclic) bond motifs is 3. The summed E-state index contributed by atoms with van der Waals surface area (Å²) in [6.07, 6.45) is 4.27. The lowest BCUT2D eigenvalue weighted by Crippen LogP contribution is -2.22. The molecule has 1 aliphatic carbocycles. The number of carbonyl (C=O) groups excluding carboxylic acids is 1. The van der Waals surface area contributed by atoms with Crippen LogP contribution < -0.4 is 10.9 Å². The van der Waals surface area contributed by atoms with Gasteiger partial charge in [-0.25, -0.2) is 9.67 Å². The Morgan fingerprint density at radius 3 is 2.73 bits per heavy atom. The maximum Gasteiger partial charge on any atom is 0.262 e. The quantitative estimate of drug-likeness (QED) is 0.339. The first-order chi connectivity index (χ1) is 15.9. The number of anilines is 1. The van der Waals surface area contributed by atoms with E-state index in [2.05, 4.69) is 10.4 Å². The van der Waals surface area contributed by atoms with Crippen molar-refractivity contribution in [2.24, 2.45) is 7.05 Å². The highest BCUT2D eigenvalue weighted by atomic mass is 32.2. The van der Waals surface area contributed by atoms with E-state index in [1.165, 1.54) is 28.6 Å². The van der Waals surface area contributed by atoms with Crippen LogP contribution in [-0.4, -0.2) is 31.0 Å². The summed E-state index contributed by atoms with van der Waals surface area (Å²) in [7, 11) is 1.74. The number of nitrogens with zero attached hydrogens (tertiary/aromatic N) is 4. The highest BCUT2D eigenvalue weighted by Gasteiger charge is 2.22. The second-order valence-corrected chi connectivity index (χ2v) is 10.3. The van der Waals surface area contributed by atoms with Crippen molar-refractivity contribution < 1.29 is 4.79 Å². The summed E-state index contributed by atoms with van der Waals surface area (Å²) in [5, 5.41) is 8.91. The Kier molecular flexibility index (Phi) is 5.84. The van der Waals surface area contributed by atoms with E-state index in [1.54, 1.807) is 23.0 Å². The lowest BCUT2D eigenvalue weighted by Gasteiger charge is -2.11. The zero-order valence-electron chi connectivity index (χ0n) is 18.8. The molecule has 1 aromatic carbocycles. The van der Waals surface area contributed by atoms with Gasteiger partial charge in [-0.05, 0) is 57.2 Å². The molecule has 1 N–H and O–H groups in total. The molecule has 0 atom stereocenters. The van der Waals surface area contributed by atoms with Gasteiger partial charge < -0.3 is 5.32 Å². The standard InChI is InChI=1S/C24H25N5O2S2/c1-14-21(15(2)29(27-14)16-9-5-4-6-10-16)25-19(30)13-32-24-26-22-20(23(31)28(24)3)17-11-7-8-12-18(17)33-22/h4-6,9-10H,7-8,11-13H2,1-3H3,(H,25,30). The Balaban J connectivity index is 1.34. The number of para-hydroxylation sites is 1. The van der Waals surface area contributed by atoms with Crippen LogP contribution in [0.4, 0.5) is 5.69 Å². The number of aromatic nitrogens is 4. The fourth-order valence-electron chi connectivity index (χ4n) is 4.35. The van der Waals surface area contributed by atoms with Crippen LogP contribution in [0.15, 0.2) is 40.3 Å². The number of aryl methyl sites for hydroxylation is 3. The second-order valence-electron chi connectivity index (χ2n) is 8.28. The second kappa shape index (κ2) is 8.79. The largest absolute Gasteiger partial charge is 0.322 e. The van der Waals surface area contributed by atoms with Gasteiger partial charge in [-0.15, -0.1) is 11.3 Å². The Hall–Kier alpha value is -2.91. The SMILES string of the molecule is Cc1nn(-c2ccccc2)c(C)c1NC(=O)CSc1nc2sc3c(c2c(=O)n1C)CCCC3. The van der Waals surface area contributed by atoms with Crippen molar-refractivity contribution in [1.29, 1.82) is 0 Å². The predicted molar refractivity (Wildman–Crippen MR) is 134 cm³/mol. The van der Waals surface area contributed by atoms with Crippen molar-refractivity contribution in [3.63, 3.8) is 0 Å². The van der Waals surface area contributed by atoms with Crippen LogP contribution >= 0.6 is 23.1 Å². The van der Waals surface area contributed by atoms with Crippen LogP contribution in [0.25, 0.3) is 15.9 Å². The molecule has 170 valence electrons. The molecule has 0 radical (unpaired) electrons.